The van der Waals surface area contributed by atoms with Crippen LogP contribution in [0.4, 0.5) is 13.2 Å². The fraction of sp³-hybridized carbons (Fsp3) is 0.350. The number of benzene rings is 2. The third-order valence-corrected chi connectivity index (χ3v) is 4.17. The summed E-state index contributed by atoms with van der Waals surface area (Å²) in [4.78, 5) is 12.2. The average Bonchev–Trinajstić information content (AvgIpc) is 2.65. The maximum Gasteiger partial charge on any atom is 0.419 e. The lowest BCUT2D eigenvalue weighted by atomic mass is 10.0. The Labute approximate surface area is 161 Å². The average molecular weight is 397 g/mol. The van der Waals surface area contributed by atoms with Crippen molar-refractivity contribution in [3.8, 4) is 17.2 Å². The summed E-state index contributed by atoms with van der Waals surface area (Å²) in [6.45, 7) is 3.08. The summed E-state index contributed by atoms with van der Waals surface area (Å²) in [5.41, 5.74) is 0.738. The monoisotopic (exact) mass is 397 g/mol. The van der Waals surface area contributed by atoms with Crippen molar-refractivity contribution in [1.29, 1.82) is 0 Å². The predicted molar refractivity (Wildman–Crippen MR) is 97.8 cm³/mol. The first-order valence-corrected chi connectivity index (χ1v) is 8.48. The fourth-order valence-electron chi connectivity index (χ4n) is 2.79. The lowest BCUT2D eigenvalue weighted by Gasteiger charge is -2.19. The molecule has 2 aromatic rings. The van der Waals surface area contributed by atoms with Gasteiger partial charge in [-0.25, -0.2) is 0 Å². The molecule has 2 aromatic carbocycles. The highest BCUT2D eigenvalue weighted by molar-refractivity contribution is 5.78. The molecule has 0 saturated heterocycles. The Morgan fingerprint density at radius 1 is 1.07 bits per heavy atom. The summed E-state index contributed by atoms with van der Waals surface area (Å²) < 4.78 is 54.5. The second kappa shape index (κ2) is 8.86. The number of aryl methyl sites for hydroxylation is 1. The van der Waals surface area contributed by atoms with Gasteiger partial charge in [0.2, 0.25) is 0 Å². The number of nitrogens with one attached hydrogen (secondary N) is 1. The zero-order valence-electron chi connectivity index (χ0n) is 16.0. The summed E-state index contributed by atoms with van der Waals surface area (Å²) in [6.07, 6.45) is -4.56. The molecule has 152 valence electrons. The lowest BCUT2D eigenvalue weighted by Crippen LogP contribution is -2.31. The number of hydrogen-bond acceptors (Lipinski definition) is 4. The first-order chi connectivity index (χ1) is 13.2. The summed E-state index contributed by atoms with van der Waals surface area (Å²) in [5.74, 6) is 0.146. The number of rotatable bonds is 7. The second-order valence-electron chi connectivity index (χ2n) is 6.14. The maximum atomic E-state index is 13.0. The quantitative estimate of drug-likeness (QED) is 0.758. The van der Waals surface area contributed by atoms with Crippen molar-refractivity contribution in [2.24, 2.45) is 0 Å². The van der Waals surface area contributed by atoms with Crippen LogP contribution in [0.5, 0.6) is 17.2 Å². The number of alkyl halides is 3. The van der Waals surface area contributed by atoms with Crippen molar-refractivity contribution in [2.75, 3.05) is 20.8 Å². The molecule has 0 aromatic heterocycles. The number of para-hydroxylation sites is 1. The minimum absolute atomic E-state index is 0.389. The Morgan fingerprint density at radius 3 is 2.29 bits per heavy atom. The number of carbonyl (C=O) groups is 1. The predicted octanol–water partition coefficient (Wildman–Crippen LogP) is 4.29. The van der Waals surface area contributed by atoms with E-state index < -0.39 is 30.3 Å². The molecule has 28 heavy (non-hydrogen) atoms. The van der Waals surface area contributed by atoms with Crippen molar-refractivity contribution in [3.05, 3.63) is 53.1 Å². The molecule has 1 unspecified atom stereocenters. The number of halogens is 3. The van der Waals surface area contributed by atoms with Crippen molar-refractivity contribution in [1.82, 2.24) is 5.32 Å². The van der Waals surface area contributed by atoms with Gasteiger partial charge in [-0.3, -0.25) is 4.79 Å². The van der Waals surface area contributed by atoms with E-state index in [4.69, 9.17) is 14.2 Å². The van der Waals surface area contributed by atoms with Gasteiger partial charge in [-0.2, -0.15) is 13.2 Å². The van der Waals surface area contributed by atoms with Crippen LogP contribution in [0, 0.1) is 6.92 Å². The van der Waals surface area contributed by atoms with E-state index in [0.29, 0.717) is 11.5 Å². The van der Waals surface area contributed by atoms with Crippen molar-refractivity contribution in [3.63, 3.8) is 0 Å². The van der Waals surface area contributed by atoms with Crippen molar-refractivity contribution < 1.29 is 32.2 Å². The van der Waals surface area contributed by atoms with Gasteiger partial charge in [0, 0.05) is 0 Å². The smallest absolute Gasteiger partial charge is 0.419 e. The fourth-order valence-corrected chi connectivity index (χ4v) is 2.79. The van der Waals surface area contributed by atoms with E-state index in [2.05, 4.69) is 5.32 Å². The first-order valence-electron chi connectivity index (χ1n) is 8.48. The molecule has 0 fully saturated rings. The number of methoxy groups -OCH3 is 2. The molecule has 1 atom stereocenters. The largest absolute Gasteiger partial charge is 0.493 e. The molecule has 0 aliphatic rings. The Morgan fingerprint density at radius 2 is 1.68 bits per heavy atom. The molecule has 0 aliphatic carbocycles. The van der Waals surface area contributed by atoms with Gasteiger partial charge in [-0.1, -0.05) is 12.1 Å². The van der Waals surface area contributed by atoms with Crippen LogP contribution in [0.2, 0.25) is 0 Å². The normalized spacial score (nSPS) is 12.2. The van der Waals surface area contributed by atoms with Crippen LogP contribution < -0.4 is 19.5 Å². The first kappa shape index (κ1) is 21.4. The highest BCUT2D eigenvalue weighted by Gasteiger charge is 2.34. The molecule has 0 aliphatic heterocycles. The molecular weight excluding hydrogens is 375 g/mol. The van der Waals surface area contributed by atoms with Crippen molar-refractivity contribution in [2.45, 2.75) is 26.1 Å². The molecule has 0 bridgehead atoms. The van der Waals surface area contributed by atoms with E-state index >= 15 is 0 Å². The van der Waals surface area contributed by atoms with E-state index in [1.807, 2.05) is 6.92 Å². The van der Waals surface area contributed by atoms with Gasteiger partial charge in [0.15, 0.2) is 18.1 Å². The van der Waals surface area contributed by atoms with Gasteiger partial charge in [0.05, 0.1) is 25.8 Å². The Balaban J connectivity index is 2.06. The summed E-state index contributed by atoms with van der Waals surface area (Å²) in [6, 6.07) is 7.89. The zero-order valence-corrected chi connectivity index (χ0v) is 16.0. The molecule has 1 amide bonds. The number of amides is 1. The molecule has 8 heteroatoms. The minimum Gasteiger partial charge on any atom is -0.493 e. The highest BCUT2D eigenvalue weighted by atomic mass is 19.4. The second-order valence-corrected chi connectivity index (χ2v) is 6.14. The molecule has 0 saturated carbocycles. The Kier molecular flexibility index (Phi) is 6.77. The van der Waals surface area contributed by atoms with Gasteiger partial charge in [-0.15, -0.1) is 0 Å². The van der Waals surface area contributed by atoms with Crippen LogP contribution in [-0.4, -0.2) is 26.7 Å². The van der Waals surface area contributed by atoms with Gasteiger partial charge >= 0.3 is 6.18 Å². The number of ether oxygens (including phenoxy) is 3. The molecule has 1 N–H and O–H groups in total. The topological polar surface area (TPSA) is 56.8 Å². The van der Waals surface area contributed by atoms with E-state index in [1.165, 1.54) is 32.4 Å². The molecule has 2 rings (SSSR count). The standard InChI is InChI=1S/C20H22F3NO4/c1-12-9-17(26-3)18(27-4)10-14(12)13(2)24-19(25)11-28-16-8-6-5-7-15(16)20(21,22)23/h5-10,13H,11H2,1-4H3,(H,24,25). The van der Waals surface area contributed by atoms with E-state index in [0.717, 1.165) is 17.2 Å². The van der Waals surface area contributed by atoms with Crippen LogP contribution in [0.15, 0.2) is 36.4 Å². The lowest BCUT2D eigenvalue weighted by molar-refractivity contribution is -0.139. The van der Waals surface area contributed by atoms with Gasteiger partial charge in [0.1, 0.15) is 5.75 Å². The Bertz CT molecular complexity index is 837. The highest BCUT2D eigenvalue weighted by Crippen LogP contribution is 2.36. The summed E-state index contributed by atoms with van der Waals surface area (Å²) >= 11 is 0. The van der Waals surface area contributed by atoms with Crippen LogP contribution in [-0.2, 0) is 11.0 Å². The van der Waals surface area contributed by atoms with Crippen LogP contribution in [0.1, 0.15) is 29.7 Å². The molecule has 0 heterocycles. The molecule has 5 nitrogen and oxygen atoms in total. The third-order valence-electron chi connectivity index (χ3n) is 4.17. The molecule has 0 spiro atoms. The van der Waals surface area contributed by atoms with Crippen molar-refractivity contribution >= 4 is 5.91 Å². The van der Waals surface area contributed by atoms with Gasteiger partial charge < -0.3 is 19.5 Å². The number of hydrogen-bond donors (Lipinski definition) is 1. The third kappa shape index (κ3) is 5.09. The maximum absolute atomic E-state index is 13.0. The van der Waals surface area contributed by atoms with Crippen LogP contribution in [0.25, 0.3) is 0 Å². The number of carbonyl (C=O) groups excluding carboxylic acids is 1. The molecular formula is C20H22F3NO4. The SMILES string of the molecule is COc1cc(C)c(C(C)NC(=O)COc2ccccc2C(F)(F)F)cc1OC. The van der Waals surface area contributed by atoms with E-state index in [-0.39, 0.29) is 5.75 Å². The van der Waals surface area contributed by atoms with Crippen LogP contribution in [0.3, 0.4) is 0 Å². The van der Waals surface area contributed by atoms with Gasteiger partial charge in [-0.05, 0) is 49.2 Å². The summed E-state index contributed by atoms with van der Waals surface area (Å²) in [7, 11) is 3.03. The summed E-state index contributed by atoms with van der Waals surface area (Å²) in [5, 5.41) is 2.71. The Hall–Kier alpha value is -2.90. The minimum atomic E-state index is -4.56. The zero-order chi connectivity index (χ0) is 20.9. The molecule has 0 radical (unpaired) electrons. The van der Waals surface area contributed by atoms with E-state index in [9.17, 15) is 18.0 Å². The van der Waals surface area contributed by atoms with E-state index in [1.54, 1.807) is 19.1 Å². The van der Waals surface area contributed by atoms with Gasteiger partial charge in [0.25, 0.3) is 5.91 Å². The van der Waals surface area contributed by atoms with Crippen LogP contribution >= 0.6 is 0 Å².